The molecule has 1 N–H and O–H groups in total. The lowest BCUT2D eigenvalue weighted by Crippen LogP contribution is -2.62. The SMILES string of the molecule is CC[C@]12CC3CC4(C(=O)N[C@@H]5CN6CCC5CC6)CC1(C3)[C@](c1ccccc1)(C4)C2. The van der Waals surface area contributed by atoms with Crippen molar-refractivity contribution < 1.29 is 4.79 Å². The molecule has 0 aromatic heterocycles. The summed E-state index contributed by atoms with van der Waals surface area (Å²) in [6.45, 7) is 5.99. The van der Waals surface area contributed by atoms with Crippen LogP contribution in [0.15, 0.2) is 30.3 Å². The minimum absolute atomic E-state index is 0.113. The second kappa shape index (κ2) is 5.71. The Bertz CT molecular complexity index is 891. The van der Waals surface area contributed by atoms with Crippen molar-refractivity contribution in [2.24, 2.45) is 28.1 Å². The Labute approximate surface area is 181 Å². The predicted octanol–water partition coefficient (Wildman–Crippen LogP) is 4.52. The van der Waals surface area contributed by atoms with Gasteiger partial charge in [0.25, 0.3) is 0 Å². The van der Waals surface area contributed by atoms with E-state index in [-0.39, 0.29) is 10.8 Å². The van der Waals surface area contributed by atoms with Crippen LogP contribution in [-0.2, 0) is 10.2 Å². The van der Waals surface area contributed by atoms with Crippen molar-refractivity contribution in [3.8, 4) is 0 Å². The topological polar surface area (TPSA) is 32.3 Å². The first-order chi connectivity index (χ1) is 14.5. The summed E-state index contributed by atoms with van der Waals surface area (Å²) in [4.78, 5) is 16.6. The van der Waals surface area contributed by atoms with Gasteiger partial charge in [-0.3, -0.25) is 4.79 Å². The molecule has 1 amide bonds. The van der Waals surface area contributed by atoms with Crippen LogP contribution in [0.2, 0.25) is 0 Å². The van der Waals surface area contributed by atoms with E-state index >= 15 is 0 Å². The van der Waals surface area contributed by atoms with E-state index in [9.17, 15) is 4.79 Å². The maximum atomic E-state index is 14.0. The smallest absolute Gasteiger partial charge is 0.226 e. The molecule has 4 saturated carbocycles. The number of nitrogens with one attached hydrogen (secondary N) is 1. The van der Waals surface area contributed by atoms with Gasteiger partial charge in [-0.05, 0) is 99.1 Å². The molecule has 1 aromatic carbocycles. The average Bonchev–Trinajstić information content (AvgIpc) is 3.08. The van der Waals surface area contributed by atoms with Gasteiger partial charge in [0.15, 0.2) is 0 Å². The number of amides is 1. The van der Waals surface area contributed by atoms with Crippen LogP contribution in [0.25, 0.3) is 0 Å². The number of carbonyl (C=O) groups is 1. The first-order valence-electron chi connectivity index (χ1n) is 12.6. The lowest BCUT2D eigenvalue weighted by atomic mass is 9.36. The van der Waals surface area contributed by atoms with Crippen LogP contribution in [-0.4, -0.2) is 36.5 Å². The molecule has 7 fully saturated rings. The van der Waals surface area contributed by atoms with Crippen molar-refractivity contribution in [1.82, 2.24) is 10.2 Å². The summed E-state index contributed by atoms with van der Waals surface area (Å²) in [6.07, 6.45) is 11.4. The predicted molar refractivity (Wildman–Crippen MR) is 118 cm³/mol. The highest BCUT2D eigenvalue weighted by Crippen LogP contribution is 2.89. The second-order valence-corrected chi connectivity index (χ2v) is 12.2. The first kappa shape index (κ1) is 18.2. The fourth-order valence-corrected chi connectivity index (χ4v) is 10.4. The lowest BCUT2D eigenvalue weighted by Gasteiger charge is -2.67. The van der Waals surface area contributed by atoms with E-state index in [0.717, 1.165) is 31.7 Å². The monoisotopic (exact) mass is 404 g/mol. The summed E-state index contributed by atoms with van der Waals surface area (Å²) in [5.41, 5.74) is 2.56. The van der Waals surface area contributed by atoms with E-state index in [1.807, 2.05) is 0 Å². The maximum absolute atomic E-state index is 14.0. The number of hydrogen-bond acceptors (Lipinski definition) is 2. The van der Waals surface area contributed by atoms with Crippen LogP contribution < -0.4 is 5.32 Å². The molecule has 1 aromatic rings. The van der Waals surface area contributed by atoms with E-state index in [2.05, 4.69) is 47.5 Å². The third-order valence-electron chi connectivity index (χ3n) is 11.3. The summed E-state index contributed by atoms with van der Waals surface area (Å²) in [7, 11) is 0. The van der Waals surface area contributed by atoms with E-state index in [1.54, 1.807) is 0 Å². The third-order valence-corrected chi connectivity index (χ3v) is 11.3. The van der Waals surface area contributed by atoms with Gasteiger partial charge < -0.3 is 10.2 Å². The highest BCUT2D eigenvalue weighted by molar-refractivity contribution is 5.85. The average molecular weight is 405 g/mol. The van der Waals surface area contributed by atoms with E-state index in [4.69, 9.17) is 0 Å². The Hall–Kier alpha value is -1.35. The minimum atomic E-state index is -0.113. The molecule has 8 rings (SSSR count). The molecule has 0 radical (unpaired) electrons. The van der Waals surface area contributed by atoms with Crippen LogP contribution in [0.5, 0.6) is 0 Å². The van der Waals surface area contributed by atoms with E-state index in [1.165, 1.54) is 57.2 Å². The zero-order chi connectivity index (χ0) is 20.2. The number of carbonyl (C=O) groups excluding carboxylic acids is 1. The van der Waals surface area contributed by atoms with E-state index in [0.29, 0.717) is 28.7 Å². The molecule has 3 aliphatic heterocycles. The molecule has 160 valence electrons. The highest BCUT2D eigenvalue weighted by atomic mass is 16.2. The lowest BCUT2D eigenvalue weighted by molar-refractivity contribution is -0.138. The standard InChI is InChI=1S/C27H36N2O/c1-2-25-13-19-12-24(23(30)28-22-15-29-10-8-20(22)9-11-29)16-26(18-25,27(25,14-19)17-24)21-6-4-3-5-7-21/h3-7,19-20,22H,2,8-18H2,1H3,(H,28,30)/t19?,22-,24?,25-,26-,27?/m1/s1. The van der Waals surface area contributed by atoms with Crippen molar-refractivity contribution in [3.63, 3.8) is 0 Å². The molecule has 3 heteroatoms. The second-order valence-electron chi connectivity index (χ2n) is 12.2. The highest BCUT2D eigenvalue weighted by Gasteiger charge is 2.84. The number of fused-ring (bicyclic) bond motifs is 5. The first-order valence-corrected chi connectivity index (χ1v) is 12.6. The van der Waals surface area contributed by atoms with Crippen molar-refractivity contribution in [3.05, 3.63) is 35.9 Å². The summed E-state index contributed by atoms with van der Waals surface area (Å²) in [5, 5.41) is 3.66. The molecule has 3 unspecified atom stereocenters. The van der Waals surface area contributed by atoms with Gasteiger partial charge in [0.05, 0.1) is 5.41 Å². The number of hydrogen-bond donors (Lipinski definition) is 1. The van der Waals surface area contributed by atoms with Crippen molar-refractivity contribution in [1.29, 1.82) is 0 Å². The van der Waals surface area contributed by atoms with Gasteiger partial charge in [-0.2, -0.15) is 0 Å². The molecule has 7 aliphatic rings. The zero-order valence-electron chi connectivity index (χ0n) is 18.5. The summed E-state index contributed by atoms with van der Waals surface area (Å²) in [6, 6.07) is 11.7. The Kier molecular flexibility index (Phi) is 3.47. The van der Waals surface area contributed by atoms with Gasteiger partial charge in [-0.25, -0.2) is 0 Å². The van der Waals surface area contributed by atoms with Gasteiger partial charge in [-0.1, -0.05) is 37.3 Å². The molecule has 3 saturated heterocycles. The molecule has 4 aliphatic carbocycles. The summed E-state index contributed by atoms with van der Waals surface area (Å²) >= 11 is 0. The maximum Gasteiger partial charge on any atom is 0.226 e. The molecular formula is C27H36N2O. The van der Waals surface area contributed by atoms with Gasteiger partial charge in [-0.15, -0.1) is 0 Å². The molecule has 1 spiro atoms. The summed E-state index contributed by atoms with van der Waals surface area (Å²) in [5.74, 6) is 1.91. The Morgan fingerprint density at radius 2 is 1.87 bits per heavy atom. The fourth-order valence-electron chi connectivity index (χ4n) is 10.4. The number of rotatable bonds is 4. The Morgan fingerprint density at radius 1 is 1.07 bits per heavy atom. The quantitative estimate of drug-likeness (QED) is 0.800. The van der Waals surface area contributed by atoms with Crippen LogP contribution in [0.3, 0.4) is 0 Å². The molecular weight excluding hydrogens is 368 g/mol. The molecule has 5 bridgehead atoms. The van der Waals surface area contributed by atoms with Crippen LogP contribution in [0.4, 0.5) is 0 Å². The van der Waals surface area contributed by atoms with Crippen LogP contribution >= 0.6 is 0 Å². The van der Waals surface area contributed by atoms with Gasteiger partial charge in [0, 0.05) is 18.0 Å². The van der Waals surface area contributed by atoms with Crippen molar-refractivity contribution >= 4 is 5.91 Å². The fraction of sp³-hybridized carbons (Fsp3) is 0.741. The third kappa shape index (κ3) is 1.96. The van der Waals surface area contributed by atoms with Crippen molar-refractivity contribution in [2.45, 2.75) is 76.2 Å². The normalized spacial score (nSPS) is 52.2. The molecule has 3 heterocycles. The van der Waals surface area contributed by atoms with E-state index < -0.39 is 0 Å². The van der Waals surface area contributed by atoms with Gasteiger partial charge >= 0.3 is 0 Å². The molecule has 3 nitrogen and oxygen atoms in total. The van der Waals surface area contributed by atoms with Crippen molar-refractivity contribution in [2.75, 3.05) is 19.6 Å². The number of benzene rings is 1. The number of nitrogens with zero attached hydrogens (tertiary/aromatic N) is 1. The Balaban J connectivity index is 1.26. The molecule has 30 heavy (non-hydrogen) atoms. The molecule has 6 atom stereocenters. The largest absolute Gasteiger partial charge is 0.351 e. The van der Waals surface area contributed by atoms with Crippen LogP contribution in [0.1, 0.15) is 70.3 Å². The van der Waals surface area contributed by atoms with Gasteiger partial charge in [0.2, 0.25) is 5.91 Å². The Morgan fingerprint density at radius 3 is 2.57 bits per heavy atom. The summed E-state index contributed by atoms with van der Waals surface area (Å²) < 4.78 is 0. The zero-order valence-corrected chi connectivity index (χ0v) is 18.5. The number of piperidine rings is 3. The van der Waals surface area contributed by atoms with Gasteiger partial charge in [0.1, 0.15) is 0 Å². The van der Waals surface area contributed by atoms with Crippen LogP contribution in [0, 0.1) is 28.1 Å². The minimum Gasteiger partial charge on any atom is -0.351 e.